The first-order valence-corrected chi connectivity index (χ1v) is 9.37. The van der Waals surface area contributed by atoms with Crippen molar-refractivity contribution in [2.75, 3.05) is 19.8 Å². The van der Waals surface area contributed by atoms with E-state index in [1.165, 1.54) is 18.4 Å². The molecule has 24 heavy (non-hydrogen) atoms. The van der Waals surface area contributed by atoms with Crippen LogP contribution in [0.4, 0.5) is 0 Å². The monoisotopic (exact) mass is 345 g/mol. The summed E-state index contributed by atoms with van der Waals surface area (Å²) < 4.78 is 25.3. The summed E-state index contributed by atoms with van der Waals surface area (Å²) in [7, 11) is -0.389. The summed E-state index contributed by atoms with van der Waals surface area (Å²) in [4.78, 5) is 0. The fourth-order valence-electron chi connectivity index (χ4n) is 2.32. The van der Waals surface area contributed by atoms with Crippen LogP contribution in [0.25, 0.3) is 6.08 Å². The van der Waals surface area contributed by atoms with Gasteiger partial charge in [-0.15, -0.1) is 0 Å². The maximum atomic E-state index is 12.1. The van der Waals surface area contributed by atoms with Crippen LogP contribution in [0.2, 0.25) is 0 Å². The van der Waals surface area contributed by atoms with E-state index in [4.69, 9.17) is 0 Å². The second kappa shape index (κ2) is 7.75. The first-order chi connectivity index (χ1) is 11.3. The van der Waals surface area contributed by atoms with Gasteiger partial charge in [-0.3, -0.25) is 0 Å². The second-order valence-corrected chi connectivity index (χ2v) is 8.19. The minimum absolute atomic E-state index is 0.0842. The highest BCUT2D eigenvalue weighted by Gasteiger charge is 2.29. The van der Waals surface area contributed by atoms with Crippen LogP contribution in [0.5, 0.6) is 0 Å². The predicted molar refractivity (Wildman–Crippen MR) is 97.9 cm³/mol. The van der Waals surface area contributed by atoms with Crippen LogP contribution in [0.1, 0.15) is 17.5 Å². The van der Waals surface area contributed by atoms with Crippen molar-refractivity contribution in [3.63, 3.8) is 0 Å². The Balaban J connectivity index is 2.30. The minimum atomic E-state index is -3.38. The number of rotatable bonds is 7. The van der Waals surface area contributed by atoms with Crippen molar-refractivity contribution in [3.8, 4) is 0 Å². The Labute approximate surface area is 144 Å². The molecule has 0 amide bonds. The number of hydrogen-bond donors (Lipinski definition) is 1. The highest BCUT2D eigenvalue weighted by Crippen LogP contribution is 2.28. The van der Waals surface area contributed by atoms with E-state index in [0.717, 1.165) is 5.56 Å². The molecule has 0 saturated carbocycles. The lowest BCUT2D eigenvalue weighted by atomic mass is 9.90. The number of benzene rings is 2. The lowest BCUT2D eigenvalue weighted by molar-refractivity contribution is 0.0866. The smallest absolute Gasteiger partial charge is 0.213 e. The Morgan fingerprint density at radius 1 is 1.00 bits per heavy atom. The normalized spacial score (nSPS) is 14.8. The van der Waals surface area contributed by atoms with Gasteiger partial charge in [0.05, 0.1) is 5.75 Å². The van der Waals surface area contributed by atoms with Crippen LogP contribution < -0.4 is 0 Å². The van der Waals surface area contributed by atoms with Crippen molar-refractivity contribution in [1.82, 2.24) is 4.31 Å². The van der Waals surface area contributed by atoms with Gasteiger partial charge in [-0.1, -0.05) is 66.7 Å². The molecule has 5 heteroatoms. The van der Waals surface area contributed by atoms with Gasteiger partial charge in [0.2, 0.25) is 10.0 Å². The molecule has 0 heterocycles. The summed E-state index contributed by atoms with van der Waals surface area (Å²) in [5.41, 5.74) is 0.272. The van der Waals surface area contributed by atoms with Crippen molar-refractivity contribution >= 4 is 16.1 Å². The van der Waals surface area contributed by atoms with E-state index in [1.807, 2.05) is 54.6 Å². The Morgan fingerprint density at radius 3 is 2.08 bits per heavy atom. The quantitative estimate of drug-likeness (QED) is 0.839. The highest BCUT2D eigenvalue weighted by atomic mass is 32.2. The zero-order chi connectivity index (χ0) is 17.6. The minimum Gasteiger partial charge on any atom is -0.381 e. The average Bonchev–Trinajstić information content (AvgIpc) is 2.60. The summed E-state index contributed by atoms with van der Waals surface area (Å²) in [5, 5.41) is 11.1. The van der Waals surface area contributed by atoms with Crippen molar-refractivity contribution in [2.45, 2.75) is 12.0 Å². The zero-order valence-electron chi connectivity index (χ0n) is 14.0. The van der Waals surface area contributed by atoms with Crippen molar-refractivity contribution in [3.05, 3.63) is 77.9 Å². The molecule has 2 aromatic carbocycles. The summed E-state index contributed by atoms with van der Waals surface area (Å²) in [6.45, 7) is 0. The molecule has 0 aliphatic carbocycles. The molecule has 0 aromatic heterocycles. The molecule has 2 rings (SSSR count). The Morgan fingerprint density at radius 2 is 1.54 bits per heavy atom. The molecule has 0 fully saturated rings. The lowest BCUT2D eigenvalue weighted by Crippen LogP contribution is -2.31. The molecule has 0 saturated heterocycles. The molecule has 128 valence electrons. The van der Waals surface area contributed by atoms with Gasteiger partial charge in [0.15, 0.2) is 0 Å². The number of hydrogen-bond acceptors (Lipinski definition) is 3. The molecule has 1 N–H and O–H groups in total. The standard InChI is InChI=1S/C19H23NO3S/c1-20(2)24(22,23)16-15-19(21,18-11-7-4-8-12-18)14-13-17-9-5-3-6-10-17/h3-14,21H,15-16H2,1-2H3/b14-13+. The summed E-state index contributed by atoms with van der Waals surface area (Å²) in [5.74, 6) is -0.134. The maximum Gasteiger partial charge on any atom is 0.213 e. The molecule has 4 nitrogen and oxygen atoms in total. The third-order valence-electron chi connectivity index (χ3n) is 3.92. The molecular weight excluding hydrogens is 322 g/mol. The number of sulfonamides is 1. The molecule has 0 aliphatic rings. The van der Waals surface area contributed by atoms with Gasteiger partial charge in [0.25, 0.3) is 0 Å². The largest absolute Gasteiger partial charge is 0.381 e. The third-order valence-corrected chi connectivity index (χ3v) is 5.75. The zero-order valence-corrected chi connectivity index (χ0v) is 14.8. The van der Waals surface area contributed by atoms with E-state index >= 15 is 0 Å². The van der Waals surface area contributed by atoms with Crippen LogP contribution in [-0.2, 0) is 15.6 Å². The van der Waals surface area contributed by atoms with Crippen LogP contribution in [-0.4, -0.2) is 37.7 Å². The molecular formula is C19H23NO3S. The molecule has 1 atom stereocenters. The molecule has 1 unspecified atom stereocenters. The summed E-state index contributed by atoms with van der Waals surface area (Å²) >= 11 is 0. The third kappa shape index (κ3) is 4.77. The van der Waals surface area contributed by atoms with Crippen molar-refractivity contribution in [2.24, 2.45) is 0 Å². The highest BCUT2D eigenvalue weighted by molar-refractivity contribution is 7.89. The summed E-state index contributed by atoms with van der Waals surface area (Å²) in [6, 6.07) is 18.7. The van der Waals surface area contributed by atoms with E-state index in [1.54, 1.807) is 18.2 Å². The van der Waals surface area contributed by atoms with E-state index in [2.05, 4.69) is 0 Å². The number of aliphatic hydroxyl groups is 1. The Kier molecular flexibility index (Phi) is 5.94. The Bertz CT molecular complexity index is 771. The van der Waals surface area contributed by atoms with E-state index in [0.29, 0.717) is 5.56 Å². The molecule has 0 bridgehead atoms. The first kappa shape index (κ1) is 18.4. The van der Waals surface area contributed by atoms with E-state index in [-0.39, 0.29) is 12.2 Å². The van der Waals surface area contributed by atoms with Gasteiger partial charge < -0.3 is 5.11 Å². The van der Waals surface area contributed by atoms with Gasteiger partial charge >= 0.3 is 0 Å². The van der Waals surface area contributed by atoms with Crippen LogP contribution >= 0.6 is 0 Å². The summed E-state index contributed by atoms with van der Waals surface area (Å²) in [6.07, 6.45) is 3.57. The van der Waals surface area contributed by atoms with E-state index in [9.17, 15) is 13.5 Å². The fraction of sp³-hybridized carbons (Fsp3) is 0.263. The van der Waals surface area contributed by atoms with Crippen molar-refractivity contribution < 1.29 is 13.5 Å². The van der Waals surface area contributed by atoms with E-state index < -0.39 is 15.6 Å². The van der Waals surface area contributed by atoms with Gasteiger partial charge in [-0.05, 0) is 23.6 Å². The molecule has 0 radical (unpaired) electrons. The Hall–Kier alpha value is -1.95. The SMILES string of the molecule is CN(C)S(=O)(=O)CCC(O)(/C=C/c1ccccc1)c1ccccc1. The topological polar surface area (TPSA) is 57.6 Å². The second-order valence-electron chi connectivity index (χ2n) is 5.88. The van der Waals surface area contributed by atoms with Gasteiger partial charge in [0.1, 0.15) is 5.60 Å². The number of nitrogens with zero attached hydrogens (tertiary/aromatic N) is 1. The molecule has 0 spiro atoms. The average molecular weight is 345 g/mol. The predicted octanol–water partition coefficient (Wildman–Crippen LogP) is 2.87. The molecule has 2 aromatic rings. The fourth-order valence-corrected chi connectivity index (χ4v) is 3.25. The van der Waals surface area contributed by atoms with Gasteiger partial charge in [0, 0.05) is 14.1 Å². The van der Waals surface area contributed by atoms with Crippen LogP contribution in [0.3, 0.4) is 0 Å². The lowest BCUT2D eigenvalue weighted by Gasteiger charge is -2.26. The van der Waals surface area contributed by atoms with Crippen LogP contribution in [0.15, 0.2) is 66.7 Å². The van der Waals surface area contributed by atoms with Crippen molar-refractivity contribution in [1.29, 1.82) is 0 Å². The van der Waals surface area contributed by atoms with Gasteiger partial charge in [-0.2, -0.15) is 0 Å². The van der Waals surface area contributed by atoms with Crippen LogP contribution in [0, 0.1) is 0 Å². The molecule has 0 aliphatic heterocycles. The van der Waals surface area contributed by atoms with Gasteiger partial charge in [-0.25, -0.2) is 12.7 Å². The first-order valence-electron chi connectivity index (χ1n) is 7.76. The maximum absolute atomic E-state index is 12.1.